The van der Waals surface area contributed by atoms with Crippen molar-refractivity contribution in [3.05, 3.63) is 30.3 Å². The van der Waals surface area contributed by atoms with E-state index in [1.165, 1.54) is 0 Å². The number of likely N-dealkylation sites (N-methyl/N-ethyl adjacent to an activating group) is 1. The van der Waals surface area contributed by atoms with Crippen molar-refractivity contribution in [2.24, 2.45) is 5.41 Å². The lowest BCUT2D eigenvalue weighted by atomic mass is 9.91. The van der Waals surface area contributed by atoms with Crippen LogP contribution in [0.4, 0.5) is 5.69 Å². The van der Waals surface area contributed by atoms with Crippen LogP contribution in [0.1, 0.15) is 27.2 Å². The summed E-state index contributed by atoms with van der Waals surface area (Å²) in [6.07, 6.45) is 0.792. The first-order chi connectivity index (χ1) is 8.47. The third kappa shape index (κ3) is 4.06. The number of rotatable bonds is 6. The number of anilines is 1. The van der Waals surface area contributed by atoms with Crippen molar-refractivity contribution in [3.8, 4) is 0 Å². The first-order valence-electron chi connectivity index (χ1n) is 6.41. The summed E-state index contributed by atoms with van der Waals surface area (Å²) in [6.45, 7) is 6.95. The molecule has 0 amide bonds. The summed E-state index contributed by atoms with van der Waals surface area (Å²) in [4.78, 5) is 13.8. The quantitative estimate of drug-likeness (QED) is 0.726. The third-order valence-corrected chi connectivity index (χ3v) is 3.29. The fourth-order valence-corrected chi connectivity index (χ4v) is 1.43. The molecular weight excluding hydrogens is 226 g/mol. The molecule has 0 N–H and O–H groups in total. The highest BCUT2D eigenvalue weighted by molar-refractivity contribution is 5.75. The highest BCUT2D eigenvalue weighted by Gasteiger charge is 2.26. The number of ether oxygens (including phenoxy) is 1. The molecule has 0 heterocycles. The Morgan fingerprint density at radius 3 is 2.44 bits per heavy atom. The molecule has 100 valence electrons. The molecule has 0 aliphatic heterocycles. The molecule has 0 radical (unpaired) electrons. The Morgan fingerprint density at radius 2 is 1.89 bits per heavy atom. The van der Waals surface area contributed by atoms with E-state index in [0.29, 0.717) is 13.2 Å². The van der Waals surface area contributed by atoms with Crippen LogP contribution < -0.4 is 4.90 Å². The molecule has 0 atom stereocenters. The first-order valence-corrected chi connectivity index (χ1v) is 6.41. The lowest BCUT2D eigenvalue weighted by molar-refractivity contribution is -0.153. The average molecular weight is 249 g/mol. The fourth-order valence-electron chi connectivity index (χ4n) is 1.43. The molecule has 3 nitrogen and oxygen atoms in total. The summed E-state index contributed by atoms with van der Waals surface area (Å²) in [6, 6.07) is 10.1. The molecule has 0 saturated heterocycles. The second-order valence-corrected chi connectivity index (χ2v) is 5.13. The van der Waals surface area contributed by atoms with E-state index in [4.69, 9.17) is 4.74 Å². The van der Waals surface area contributed by atoms with Gasteiger partial charge in [-0.3, -0.25) is 4.79 Å². The van der Waals surface area contributed by atoms with Crippen LogP contribution in [-0.4, -0.2) is 26.2 Å². The molecule has 3 heteroatoms. The standard InChI is InChI=1S/C15H23NO2/c1-5-15(2,3)14(17)18-12-11-16(4)13-9-7-6-8-10-13/h6-10H,5,11-12H2,1-4H3. The van der Waals surface area contributed by atoms with Crippen LogP contribution >= 0.6 is 0 Å². The van der Waals surface area contributed by atoms with Crippen molar-refractivity contribution in [2.45, 2.75) is 27.2 Å². The van der Waals surface area contributed by atoms with Gasteiger partial charge in [0.1, 0.15) is 6.61 Å². The van der Waals surface area contributed by atoms with Crippen LogP contribution in [-0.2, 0) is 9.53 Å². The van der Waals surface area contributed by atoms with Crippen molar-refractivity contribution in [1.29, 1.82) is 0 Å². The Balaban J connectivity index is 2.37. The van der Waals surface area contributed by atoms with E-state index in [2.05, 4.69) is 4.90 Å². The Kier molecular flexibility index (Phi) is 5.20. The Labute approximate surface area is 110 Å². The van der Waals surface area contributed by atoms with E-state index in [0.717, 1.165) is 12.1 Å². The molecule has 18 heavy (non-hydrogen) atoms. The number of benzene rings is 1. The lowest BCUT2D eigenvalue weighted by Gasteiger charge is -2.23. The van der Waals surface area contributed by atoms with E-state index in [-0.39, 0.29) is 11.4 Å². The fraction of sp³-hybridized carbons (Fsp3) is 0.533. The molecule has 0 bridgehead atoms. The van der Waals surface area contributed by atoms with Crippen LogP contribution in [0.15, 0.2) is 30.3 Å². The van der Waals surface area contributed by atoms with E-state index >= 15 is 0 Å². The number of hydrogen-bond acceptors (Lipinski definition) is 3. The third-order valence-electron chi connectivity index (χ3n) is 3.29. The maximum Gasteiger partial charge on any atom is 0.311 e. The van der Waals surface area contributed by atoms with Crippen molar-refractivity contribution in [3.63, 3.8) is 0 Å². The second-order valence-electron chi connectivity index (χ2n) is 5.13. The van der Waals surface area contributed by atoms with E-state index in [1.807, 2.05) is 58.2 Å². The minimum Gasteiger partial charge on any atom is -0.463 e. The van der Waals surface area contributed by atoms with Gasteiger partial charge < -0.3 is 9.64 Å². The summed E-state index contributed by atoms with van der Waals surface area (Å²) >= 11 is 0. The number of nitrogens with zero attached hydrogens (tertiary/aromatic N) is 1. The molecule has 1 aromatic rings. The van der Waals surface area contributed by atoms with Gasteiger partial charge in [-0.2, -0.15) is 0 Å². The van der Waals surface area contributed by atoms with Gasteiger partial charge in [0.05, 0.1) is 12.0 Å². The first kappa shape index (κ1) is 14.6. The predicted molar refractivity (Wildman–Crippen MR) is 74.7 cm³/mol. The van der Waals surface area contributed by atoms with Gasteiger partial charge in [-0.25, -0.2) is 0 Å². The highest BCUT2D eigenvalue weighted by atomic mass is 16.5. The molecule has 0 fully saturated rings. The van der Waals surface area contributed by atoms with Gasteiger partial charge in [0.25, 0.3) is 0 Å². The van der Waals surface area contributed by atoms with E-state index < -0.39 is 0 Å². The van der Waals surface area contributed by atoms with Crippen molar-refractivity contribution >= 4 is 11.7 Å². The predicted octanol–water partition coefficient (Wildman–Crippen LogP) is 3.10. The van der Waals surface area contributed by atoms with Crippen LogP contribution in [0.2, 0.25) is 0 Å². The van der Waals surface area contributed by atoms with Crippen LogP contribution in [0.3, 0.4) is 0 Å². The molecule has 0 aliphatic rings. The van der Waals surface area contributed by atoms with Crippen molar-refractivity contribution in [1.82, 2.24) is 0 Å². The molecule has 0 unspecified atom stereocenters. The van der Waals surface area contributed by atoms with Crippen molar-refractivity contribution < 1.29 is 9.53 Å². The van der Waals surface area contributed by atoms with E-state index in [9.17, 15) is 4.79 Å². The number of carbonyl (C=O) groups is 1. The zero-order valence-electron chi connectivity index (χ0n) is 11.8. The Bertz CT molecular complexity index is 373. The molecule has 0 saturated carbocycles. The maximum atomic E-state index is 11.8. The van der Waals surface area contributed by atoms with Gasteiger partial charge in [-0.1, -0.05) is 25.1 Å². The Hall–Kier alpha value is -1.51. The summed E-state index contributed by atoms with van der Waals surface area (Å²) in [5.74, 6) is -0.119. The SMILES string of the molecule is CCC(C)(C)C(=O)OCCN(C)c1ccccc1. The molecular formula is C15H23NO2. The molecule has 0 aliphatic carbocycles. The van der Waals surface area contributed by atoms with Gasteiger partial charge in [-0.15, -0.1) is 0 Å². The molecule has 0 aromatic heterocycles. The monoisotopic (exact) mass is 249 g/mol. The second kappa shape index (κ2) is 6.43. The van der Waals surface area contributed by atoms with Gasteiger partial charge in [-0.05, 0) is 32.4 Å². The number of esters is 1. The minimum absolute atomic E-state index is 0.119. The van der Waals surface area contributed by atoms with Crippen LogP contribution in [0.5, 0.6) is 0 Å². The summed E-state index contributed by atoms with van der Waals surface area (Å²) in [7, 11) is 1.99. The largest absolute Gasteiger partial charge is 0.463 e. The summed E-state index contributed by atoms with van der Waals surface area (Å²) in [5.41, 5.74) is 0.744. The van der Waals surface area contributed by atoms with Crippen LogP contribution in [0, 0.1) is 5.41 Å². The van der Waals surface area contributed by atoms with Gasteiger partial charge in [0.15, 0.2) is 0 Å². The molecule has 1 aromatic carbocycles. The van der Waals surface area contributed by atoms with Crippen molar-refractivity contribution in [2.75, 3.05) is 25.1 Å². The van der Waals surface area contributed by atoms with Gasteiger partial charge in [0, 0.05) is 12.7 Å². The molecule has 0 spiro atoms. The molecule has 1 rings (SSSR count). The number of carbonyl (C=O) groups excluding carboxylic acids is 1. The maximum absolute atomic E-state index is 11.8. The normalized spacial score (nSPS) is 11.1. The Morgan fingerprint density at radius 1 is 1.28 bits per heavy atom. The highest BCUT2D eigenvalue weighted by Crippen LogP contribution is 2.21. The summed E-state index contributed by atoms with van der Waals surface area (Å²) < 4.78 is 5.31. The minimum atomic E-state index is -0.384. The zero-order valence-corrected chi connectivity index (χ0v) is 11.8. The van der Waals surface area contributed by atoms with Gasteiger partial charge >= 0.3 is 5.97 Å². The average Bonchev–Trinajstić information content (AvgIpc) is 2.39. The number of para-hydroxylation sites is 1. The van der Waals surface area contributed by atoms with Gasteiger partial charge in [0.2, 0.25) is 0 Å². The van der Waals surface area contributed by atoms with E-state index in [1.54, 1.807) is 0 Å². The van der Waals surface area contributed by atoms with Crippen LogP contribution in [0.25, 0.3) is 0 Å². The topological polar surface area (TPSA) is 29.5 Å². The summed E-state index contributed by atoms with van der Waals surface area (Å²) in [5, 5.41) is 0. The lowest BCUT2D eigenvalue weighted by Crippen LogP contribution is -2.30. The number of hydrogen-bond donors (Lipinski definition) is 0. The zero-order chi connectivity index (χ0) is 13.6. The smallest absolute Gasteiger partial charge is 0.311 e.